The minimum Gasteiger partial charge on any atom is -0.388 e. The van der Waals surface area contributed by atoms with E-state index in [0.717, 1.165) is 5.56 Å². The van der Waals surface area contributed by atoms with Crippen LogP contribution in [0.5, 0.6) is 0 Å². The molecule has 2 N–H and O–H groups in total. The number of nitrogens with one attached hydrogen (secondary N) is 1. The molecule has 1 aromatic rings. The summed E-state index contributed by atoms with van der Waals surface area (Å²) in [6.07, 6.45) is 0.666. The highest BCUT2D eigenvalue weighted by molar-refractivity contribution is 6.33. The summed E-state index contributed by atoms with van der Waals surface area (Å²) in [5.74, 6) is 0.383. The molecule has 112 valence electrons. The number of benzene rings is 1. The Morgan fingerprint density at radius 3 is 2.60 bits per heavy atom. The van der Waals surface area contributed by atoms with Crippen LogP contribution in [0.25, 0.3) is 0 Å². The van der Waals surface area contributed by atoms with Crippen LogP contribution in [0.15, 0.2) is 12.1 Å². The van der Waals surface area contributed by atoms with Crippen LogP contribution in [0.4, 0.5) is 11.4 Å². The van der Waals surface area contributed by atoms with E-state index >= 15 is 0 Å². The lowest BCUT2D eigenvalue weighted by Gasteiger charge is -2.26. The highest BCUT2D eigenvalue weighted by atomic mass is 35.5. The first kappa shape index (κ1) is 16.7. The number of hydrogen-bond donors (Lipinski definition) is 2. The lowest BCUT2D eigenvalue weighted by Crippen LogP contribution is -2.35. The maximum atomic E-state index is 10.8. The number of aliphatic hydroxyl groups is 1. The van der Waals surface area contributed by atoms with Crippen molar-refractivity contribution in [2.24, 2.45) is 5.92 Å². The van der Waals surface area contributed by atoms with Crippen molar-refractivity contribution < 1.29 is 10.0 Å². The van der Waals surface area contributed by atoms with Crippen molar-refractivity contribution in [3.8, 4) is 0 Å². The zero-order valence-corrected chi connectivity index (χ0v) is 13.0. The second-order valence-electron chi connectivity index (χ2n) is 5.82. The minimum absolute atomic E-state index is 0.0894. The fourth-order valence-corrected chi connectivity index (χ4v) is 2.47. The second-order valence-corrected chi connectivity index (χ2v) is 6.23. The summed E-state index contributed by atoms with van der Waals surface area (Å²) >= 11 is 5.89. The molecule has 0 amide bonds. The monoisotopic (exact) mass is 300 g/mol. The molecule has 0 radical (unpaired) electrons. The van der Waals surface area contributed by atoms with Gasteiger partial charge in [0.1, 0.15) is 5.02 Å². The van der Waals surface area contributed by atoms with E-state index in [1.165, 1.54) is 12.1 Å². The van der Waals surface area contributed by atoms with Crippen LogP contribution in [0, 0.1) is 23.0 Å². The smallest absolute Gasteiger partial charge is 0.288 e. The second kappa shape index (κ2) is 6.41. The molecule has 0 aromatic heterocycles. The topological polar surface area (TPSA) is 75.4 Å². The standard InChI is InChI=1S/C14H21ClN2O3/c1-9(2)7-14(4,18)8-16-12-6-11(15)13(17(19)20)5-10(12)3/h5-6,9,16,18H,7-8H2,1-4H3. The predicted octanol–water partition coefficient (Wildman–Crippen LogP) is 3.77. The van der Waals surface area contributed by atoms with Crippen molar-refractivity contribution in [3.63, 3.8) is 0 Å². The van der Waals surface area contributed by atoms with Crippen LogP contribution >= 0.6 is 11.6 Å². The predicted molar refractivity (Wildman–Crippen MR) is 81.4 cm³/mol. The lowest BCUT2D eigenvalue weighted by atomic mass is 9.94. The van der Waals surface area contributed by atoms with E-state index in [0.29, 0.717) is 24.6 Å². The number of nitro groups is 1. The third-order valence-corrected chi connectivity index (χ3v) is 3.30. The van der Waals surface area contributed by atoms with Gasteiger partial charge in [-0.15, -0.1) is 0 Å². The van der Waals surface area contributed by atoms with Gasteiger partial charge in [-0.05, 0) is 37.8 Å². The van der Waals surface area contributed by atoms with Gasteiger partial charge >= 0.3 is 0 Å². The average Bonchev–Trinajstić information content (AvgIpc) is 2.27. The Kier molecular flexibility index (Phi) is 5.36. The summed E-state index contributed by atoms with van der Waals surface area (Å²) in [6, 6.07) is 2.96. The molecule has 20 heavy (non-hydrogen) atoms. The van der Waals surface area contributed by atoms with Crippen LogP contribution in [-0.4, -0.2) is 22.2 Å². The molecule has 0 saturated carbocycles. The van der Waals surface area contributed by atoms with E-state index in [1.54, 1.807) is 13.8 Å². The molecular formula is C14H21ClN2O3. The molecular weight excluding hydrogens is 280 g/mol. The zero-order valence-electron chi connectivity index (χ0n) is 12.2. The van der Waals surface area contributed by atoms with Gasteiger partial charge in [0.15, 0.2) is 0 Å². The van der Waals surface area contributed by atoms with Gasteiger partial charge in [-0.25, -0.2) is 0 Å². The fraction of sp³-hybridized carbons (Fsp3) is 0.571. The first-order valence-corrected chi connectivity index (χ1v) is 6.91. The first-order valence-electron chi connectivity index (χ1n) is 6.53. The minimum atomic E-state index is -0.838. The highest BCUT2D eigenvalue weighted by Crippen LogP contribution is 2.31. The van der Waals surface area contributed by atoms with Crippen LogP contribution in [0.1, 0.15) is 32.8 Å². The van der Waals surface area contributed by atoms with Gasteiger partial charge in [-0.2, -0.15) is 0 Å². The number of aryl methyl sites for hydroxylation is 1. The molecule has 6 heteroatoms. The molecule has 1 unspecified atom stereocenters. The molecule has 0 bridgehead atoms. The molecule has 0 aliphatic rings. The Hall–Kier alpha value is -1.33. The molecule has 1 aromatic carbocycles. The summed E-state index contributed by atoms with van der Waals surface area (Å²) in [5, 5.41) is 24.2. The lowest BCUT2D eigenvalue weighted by molar-refractivity contribution is -0.384. The van der Waals surface area contributed by atoms with E-state index in [4.69, 9.17) is 11.6 Å². The van der Waals surface area contributed by atoms with Crippen LogP contribution in [-0.2, 0) is 0 Å². The molecule has 0 aliphatic carbocycles. The Balaban J connectivity index is 2.84. The maximum Gasteiger partial charge on any atom is 0.288 e. The SMILES string of the molecule is Cc1cc([N+](=O)[O-])c(Cl)cc1NCC(C)(O)CC(C)C. The number of nitro benzene ring substituents is 1. The molecule has 0 spiro atoms. The molecule has 5 nitrogen and oxygen atoms in total. The normalized spacial score (nSPS) is 14.2. The summed E-state index contributed by atoms with van der Waals surface area (Å²) in [4.78, 5) is 10.3. The van der Waals surface area contributed by atoms with Crippen molar-refractivity contribution in [2.45, 2.75) is 39.7 Å². The molecule has 0 aliphatic heterocycles. The van der Waals surface area contributed by atoms with Gasteiger partial charge in [-0.3, -0.25) is 10.1 Å². The maximum absolute atomic E-state index is 10.8. The zero-order chi connectivity index (χ0) is 15.5. The van der Waals surface area contributed by atoms with Crippen molar-refractivity contribution in [1.29, 1.82) is 0 Å². The van der Waals surface area contributed by atoms with Gasteiger partial charge < -0.3 is 10.4 Å². The fourth-order valence-electron chi connectivity index (χ4n) is 2.23. The number of hydrogen-bond acceptors (Lipinski definition) is 4. The number of anilines is 1. The van der Waals surface area contributed by atoms with Crippen molar-refractivity contribution in [1.82, 2.24) is 0 Å². The Labute approximate surface area is 124 Å². The van der Waals surface area contributed by atoms with Crippen LogP contribution in [0.2, 0.25) is 5.02 Å². The Morgan fingerprint density at radius 1 is 1.50 bits per heavy atom. The summed E-state index contributed by atoms with van der Waals surface area (Å²) in [7, 11) is 0. The van der Waals surface area contributed by atoms with Crippen molar-refractivity contribution >= 4 is 23.0 Å². The number of nitrogens with zero attached hydrogens (tertiary/aromatic N) is 1. The largest absolute Gasteiger partial charge is 0.388 e. The molecule has 0 fully saturated rings. The number of rotatable bonds is 6. The van der Waals surface area contributed by atoms with Crippen molar-refractivity contribution in [2.75, 3.05) is 11.9 Å². The molecule has 0 heterocycles. The van der Waals surface area contributed by atoms with Gasteiger partial charge in [0.05, 0.1) is 10.5 Å². The molecule has 1 atom stereocenters. The van der Waals surface area contributed by atoms with E-state index in [2.05, 4.69) is 5.32 Å². The van der Waals surface area contributed by atoms with Crippen LogP contribution < -0.4 is 5.32 Å². The van der Waals surface area contributed by atoms with E-state index in [-0.39, 0.29) is 10.7 Å². The summed E-state index contributed by atoms with van der Waals surface area (Å²) < 4.78 is 0. The Bertz CT molecular complexity index is 501. The van der Waals surface area contributed by atoms with Gasteiger partial charge in [-0.1, -0.05) is 25.4 Å². The molecule has 1 rings (SSSR count). The van der Waals surface area contributed by atoms with Gasteiger partial charge in [0.25, 0.3) is 5.69 Å². The average molecular weight is 301 g/mol. The first-order chi connectivity index (χ1) is 9.12. The van der Waals surface area contributed by atoms with E-state index < -0.39 is 10.5 Å². The van der Waals surface area contributed by atoms with Gasteiger partial charge in [0, 0.05) is 18.3 Å². The van der Waals surface area contributed by atoms with E-state index in [1.807, 2.05) is 13.8 Å². The highest BCUT2D eigenvalue weighted by Gasteiger charge is 2.22. The Morgan fingerprint density at radius 2 is 2.10 bits per heavy atom. The van der Waals surface area contributed by atoms with Crippen LogP contribution in [0.3, 0.4) is 0 Å². The quantitative estimate of drug-likeness (QED) is 0.619. The van der Waals surface area contributed by atoms with Crippen molar-refractivity contribution in [3.05, 3.63) is 32.8 Å². The molecule has 0 saturated heterocycles. The summed E-state index contributed by atoms with van der Waals surface area (Å²) in [5.41, 5.74) is 0.476. The third-order valence-electron chi connectivity index (χ3n) is 3.00. The van der Waals surface area contributed by atoms with Gasteiger partial charge in [0.2, 0.25) is 0 Å². The van der Waals surface area contributed by atoms with E-state index in [9.17, 15) is 15.2 Å². The summed E-state index contributed by atoms with van der Waals surface area (Å²) in [6.45, 7) is 7.98. The third kappa shape index (κ3) is 4.65. The number of halogens is 1.